The smallest absolute Gasteiger partial charge is 0.338 e. The summed E-state index contributed by atoms with van der Waals surface area (Å²) in [5.74, 6) is -0.421. The first-order chi connectivity index (χ1) is 8.10. The molecular weight excluding hydrogens is 307 g/mol. The molecule has 0 spiro atoms. The van der Waals surface area contributed by atoms with Crippen LogP contribution in [0.1, 0.15) is 34.1 Å². The SMILES string of the molecule is CCOC(=O)c1ccc(Br)cc1C(=O)CCCl. The molecule has 92 valence electrons. The Hall–Kier alpha value is -0.870. The maximum Gasteiger partial charge on any atom is 0.338 e. The number of carbonyl (C=O) groups is 2. The summed E-state index contributed by atoms with van der Waals surface area (Å²) in [6.07, 6.45) is 0.199. The second-order valence-electron chi connectivity index (χ2n) is 3.27. The highest BCUT2D eigenvalue weighted by molar-refractivity contribution is 9.10. The Kier molecular flexibility index (Phi) is 5.65. The molecule has 0 aliphatic heterocycles. The molecule has 17 heavy (non-hydrogen) atoms. The van der Waals surface area contributed by atoms with Crippen LogP contribution in [0.2, 0.25) is 0 Å². The van der Waals surface area contributed by atoms with E-state index in [0.717, 1.165) is 4.47 Å². The molecule has 0 fully saturated rings. The lowest BCUT2D eigenvalue weighted by atomic mass is 10.0. The average molecular weight is 320 g/mol. The third-order valence-corrected chi connectivity index (χ3v) is 2.78. The predicted molar refractivity (Wildman–Crippen MR) is 69.8 cm³/mol. The number of rotatable bonds is 5. The lowest BCUT2D eigenvalue weighted by molar-refractivity contribution is 0.0523. The molecule has 0 amide bonds. The number of halogens is 2. The van der Waals surface area contributed by atoms with E-state index >= 15 is 0 Å². The highest BCUT2D eigenvalue weighted by Gasteiger charge is 2.17. The number of hydrogen-bond acceptors (Lipinski definition) is 3. The van der Waals surface area contributed by atoms with E-state index in [4.69, 9.17) is 16.3 Å². The van der Waals surface area contributed by atoms with Crippen molar-refractivity contribution < 1.29 is 14.3 Å². The van der Waals surface area contributed by atoms with Crippen molar-refractivity contribution in [3.63, 3.8) is 0 Å². The zero-order valence-electron chi connectivity index (χ0n) is 9.33. The van der Waals surface area contributed by atoms with Crippen molar-refractivity contribution in [3.8, 4) is 0 Å². The first-order valence-electron chi connectivity index (χ1n) is 5.16. The Labute approximate surface area is 113 Å². The number of hydrogen-bond donors (Lipinski definition) is 0. The molecule has 3 nitrogen and oxygen atoms in total. The molecule has 1 aromatic carbocycles. The van der Waals surface area contributed by atoms with Gasteiger partial charge in [0.25, 0.3) is 0 Å². The largest absolute Gasteiger partial charge is 0.462 e. The zero-order chi connectivity index (χ0) is 12.8. The Morgan fingerprint density at radius 1 is 1.35 bits per heavy atom. The van der Waals surface area contributed by atoms with Crippen LogP contribution in [0, 0.1) is 0 Å². The van der Waals surface area contributed by atoms with Crippen molar-refractivity contribution >= 4 is 39.3 Å². The number of benzene rings is 1. The zero-order valence-corrected chi connectivity index (χ0v) is 11.7. The first kappa shape index (κ1) is 14.2. The topological polar surface area (TPSA) is 43.4 Å². The molecule has 0 saturated heterocycles. The van der Waals surface area contributed by atoms with Gasteiger partial charge in [-0.1, -0.05) is 15.9 Å². The van der Waals surface area contributed by atoms with Crippen LogP contribution in [0.5, 0.6) is 0 Å². The molecule has 5 heteroatoms. The van der Waals surface area contributed by atoms with Crippen LogP contribution in [-0.2, 0) is 4.74 Å². The summed E-state index contributed by atoms with van der Waals surface area (Å²) in [4.78, 5) is 23.5. The molecule has 0 bridgehead atoms. The summed E-state index contributed by atoms with van der Waals surface area (Å²) in [5, 5.41) is 0. The van der Waals surface area contributed by atoms with Crippen molar-refractivity contribution in [2.75, 3.05) is 12.5 Å². The van der Waals surface area contributed by atoms with Gasteiger partial charge in [0, 0.05) is 22.3 Å². The van der Waals surface area contributed by atoms with Gasteiger partial charge in [-0.15, -0.1) is 11.6 Å². The van der Waals surface area contributed by atoms with Crippen LogP contribution in [0.3, 0.4) is 0 Å². The van der Waals surface area contributed by atoms with Crippen molar-refractivity contribution in [2.45, 2.75) is 13.3 Å². The minimum atomic E-state index is -0.488. The van der Waals surface area contributed by atoms with Crippen molar-refractivity contribution in [2.24, 2.45) is 0 Å². The lowest BCUT2D eigenvalue weighted by Crippen LogP contribution is -2.12. The summed E-state index contributed by atoms with van der Waals surface area (Å²) < 4.78 is 5.64. The molecular formula is C12H12BrClO3. The average Bonchev–Trinajstić information content (AvgIpc) is 2.29. The van der Waals surface area contributed by atoms with E-state index < -0.39 is 5.97 Å². The molecule has 0 saturated carbocycles. The fraction of sp³-hybridized carbons (Fsp3) is 0.333. The van der Waals surface area contributed by atoms with Crippen LogP contribution in [-0.4, -0.2) is 24.2 Å². The van der Waals surface area contributed by atoms with Crippen LogP contribution in [0.25, 0.3) is 0 Å². The molecule has 1 rings (SSSR count). The van der Waals surface area contributed by atoms with Gasteiger partial charge in [-0.3, -0.25) is 4.79 Å². The lowest BCUT2D eigenvalue weighted by Gasteiger charge is -2.08. The van der Waals surface area contributed by atoms with Crippen LogP contribution >= 0.6 is 27.5 Å². The molecule has 0 atom stereocenters. The van der Waals surface area contributed by atoms with Gasteiger partial charge in [-0.25, -0.2) is 4.79 Å². The maximum atomic E-state index is 11.8. The summed E-state index contributed by atoms with van der Waals surface area (Å²) in [6.45, 7) is 2.00. The van der Waals surface area contributed by atoms with E-state index in [0.29, 0.717) is 5.56 Å². The monoisotopic (exact) mass is 318 g/mol. The molecule has 0 N–H and O–H groups in total. The van der Waals surface area contributed by atoms with Gasteiger partial charge in [0.05, 0.1) is 12.2 Å². The van der Waals surface area contributed by atoms with Crippen molar-refractivity contribution in [1.82, 2.24) is 0 Å². The van der Waals surface area contributed by atoms with E-state index in [1.165, 1.54) is 0 Å². The third-order valence-electron chi connectivity index (χ3n) is 2.10. The highest BCUT2D eigenvalue weighted by atomic mass is 79.9. The molecule has 0 heterocycles. The fourth-order valence-corrected chi connectivity index (χ4v) is 1.89. The molecule has 0 unspecified atom stereocenters. The van der Waals surface area contributed by atoms with Crippen molar-refractivity contribution in [3.05, 3.63) is 33.8 Å². The fourth-order valence-electron chi connectivity index (χ4n) is 1.35. The van der Waals surface area contributed by atoms with Gasteiger partial charge in [0.1, 0.15) is 0 Å². The molecule has 0 aliphatic rings. The maximum absolute atomic E-state index is 11.8. The Balaban J connectivity index is 3.11. The van der Waals surface area contributed by atoms with E-state index in [2.05, 4.69) is 15.9 Å². The van der Waals surface area contributed by atoms with Crippen LogP contribution in [0.4, 0.5) is 0 Å². The number of esters is 1. The number of ether oxygens (including phenoxy) is 1. The standard InChI is InChI=1S/C12H12BrClO3/c1-2-17-12(16)9-4-3-8(13)7-10(9)11(15)5-6-14/h3-4,7H,2,5-6H2,1H3. The molecule has 0 aliphatic carbocycles. The van der Waals surface area contributed by atoms with Gasteiger partial charge in [-0.05, 0) is 25.1 Å². The van der Waals surface area contributed by atoms with Gasteiger partial charge >= 0.3 is 5.97 Å². The van der Waals surface area contributed by atoms with Crippen LogP contribution < -0.4 is 0 Å². The normalized spacial score (nSPS) is 10.1. The minimum Gasteiger partial charge on any atom is -0.462 e. The highest BCUT2D eigenvalue weighted by Crippen LogP contribution is 2.19. The summed E-state index contributed by atoms with van der Waals surface area (Å²) in [7, 11) is 0. The van der Waals surface area contributed by atoms with E-state index in [-0.39, 0.29) is 30.3 Å². The van der Waals surface area contributed by atoms with Crippen molar-refractivity contribution in [1.29, 1.82) is 0 Å². The Bertz CT molecular complexity index is 432. The van der Waals surface area contributed by atoms with Gasteiger partial charge in [0.2, 0.25) is 0 Å². The Morgan fingerprint density at radius 3 is 2.65 bits per heavy atom. The molecule has 1 aromatic rings. The van der Waals surface area contributed by atoms with Gasteiger partial charge in [0.15, 0.2) is 5.78 Å². The summed E-state index contributed by atoms with van der Waals surface area (Å²) >= 11 is 8.80. The Morgan fingerprint density at radius 2 is 2.06 bits per heavy atom. The van der Waals surface area contributed by atoms with E-state index in [1.807, 2.05) is 0 Å². The van der Waals surface area contributed by atoms with Gasteiger partial charge < -0.3 is 4.74 Å². The first-order valence-corrected chi connectivity index (χ1v) is 6.48. The number of ketones is 1. The minimum absolute atomic E-state index is 0.163. The van der Waals surface area contributed by atoms with E-state index in [9.17, 15) is 9.59 Å². The number of Topliss-reactive ketones (excluding diaryl/α,β-unsaturated/α-hetero) is 1. The predicted octanol–water partition coefficient (Wildman–Crippen LogP) is 3.44. The number of alkyl halides is 1. The molecule has 0 radical (unpaired) electrons. The van der Waals surface area contributed by atoms with E-state index in [1.54, 1.807) is 25.1 Å². The second kappa shape index (κ2) is 6.77. The molecule has 0 aromatic heterocycles. The summed E-state index contributed by atoms with van der Waals surface area (Å²) in [5.41, 5.74) is 0.628. The third kappa shape index (κ3) is 3.82. The number of carbonyl (C=O) groups excluding carboxylic acids is 2. The second-order valence-corrected chi connectivity index (χ2v) is 4.57. The summed E-state index contributed by atoms with van der Waals surface area (Å²) in [6, 6.07) is 4.88. The quantitative estimate of drug-likeness (QED) is 0.474. The van der Waals surface area contributed by atoms with Gasteiger partial charge in [-0.2, -0.15) is 0 Å². The van der Waals surface area contributed by atoms with Crippen LogP contribution in [0.15, 0.2) is 22.7 Å².